The molecule has 1 heterocycles. The minimum absolute atomic E-state index is 0.411. The summed E-state index contributed by atoms with van der Waals surface area (Å²) >= 11 is 11.4. The van der Waals surface area contributed by atoms with Crippen LogP contribution in [0.1, 0.15) is 16.7 Å². The summed E-state index contributed by atoms with van der Waals surface area (Å²) in [4.78, 5) is 4.24. The largest absolute Gasteiger partial charge is 0.332 e. The molecule has 2 N–H and O–H groups in total. The highest BCUT2D eigenvalue weighted by molar-refractivity contribution is 7.80. The second kappa shape index (κ2) is 7.63. The number of nitrogens with one attached hydrogen (secondary N) is 2. The van der Waals surface area contributed by atoms with E-state index in [1.54, 1.807) is 11.0 Å². The highest BCUT2D eigenvalue weighted by Crippen LogP contribution is 2.20. The molecule has 0 aliphatic carbocycles. The summed E-state index contributed by atoms with van der Waals surface area (Å²) in [5, 5.41) is 11.6. The maximum absolute atomic E-state index is 6.12. The highest BCUT2D eigenvalue weighted by Gasteiger charge is 2.06. The molecule has 25 heavy (non-hydrogen) atoms. The molecular formula is C18H18ClN5S. The van der Waals surface area contributed by atoms with E-state index in [2.05, 4.69) is 39.8 Å². The van der Waals surface area contributed by atoms with Crippen LogP contribution in [0.15, 0.2) is 48.8 Å². The standard InChI is InChI=1S/C18H18ClN5S/c1-12-5-3-4-6-14(12)10-24-11-20-17(23-24)22-18(25)21-15-8-7-13(2)16(19)9-15/h3-9,11H,10H2,1-2H3,(H2,21,22,23,25). The van der Waals surface area contributed by atoms with Crippen LogP contribution in [0.5, 0.6) is 0 Å². The van der Waals surface area contributed by atoms with Crippen molar-refractivity contribution < 1.29 is 0 Å². The summed E-state index contributed by atoms with van der Waals surface area (Å²) in [7, 11) is 0. The van der Waals surface area contributed by atoms with E-state index in [1.807, 2.05) is 37.3 Å². The second-order valence-corrected chi connectivity index (χ2v) is 6.55. The molecule has 0 aliphatic rings. The minimum atomic E-state index is 0.411. The lowest BCUT2D eigenvalue weighted by Crippen LogP contribution is -2.20. The molecule has 128 valence electrons. The fraction of sp³-hybridized carbons (Fsp3) is 0.167. The number of anilines is 2. The zero-order chi connectivity index (χ0) is 17.8. The van der Waals surface area contributed by atoms with Crippen LogP contribution in [-0.2, 0) is 6.54 Å². The minimum Gasteiger partial charge on any atom is -0.332 e. The van der Waals surface area contributed by atoms with Crippen LogP contribution >= 0.6 is 23.8 Å². The Morgan fingerprint density at radius 2 is 1.92 bits per heavy atom. The topological polar surface area (TPSA) is 54.8 Å². The molecule has 0 bridgehead atoms. The molecule has 0 fully saturated rings. The average molecular weight is 372 g/mol. The summed E-state index contributed by atoms with van der Waals surface area (Å²) < 4.78 is 1.77. The molecule has 5 nitrogen and oxygen atoms in total. The molecule has 0 saturated heterocycles. The number of nitrogens with zero attached hydrogens (tertiary/aromatic N) is 3. The van der Waals surface area contributed by atoms with Gasteiger partial charge in [-0.3, -0.25) is 5.32 Å². The molecule has 3 rings (SSSR count). The van der Waals surface area contributed by atoms with Gasteiger partial charge in [-0.25, -0.2) is 9.67 Å². The Hall–Kier alpha value is -2.44. The van der Waals surface area contributed by atoms with E-state index in [0.29, 0.717) is 22.6 Å². The molecule has 1 aromatic heterocycles. The normalized spacial score (nSPS) is 10.5. The van der Waals surface area contributed by atoms with Crippen molar-refractivity contribution in [1.29, 1.82) is 0 Å². The van der Waals surface area contributed by atoms with Crippen LogP contribution in [-0.4, -0.2) is 19.9 Å². The van der Waals surface area contributed by atoms with Crippen molar-refractivity contribution in [3.63, 3.8) is 0 Å². The van der Waals surface area contributed by atoms with Gasteiger partial charge in [0.15, 0.2) is 5.11 Å². The van der Waals surface area contributed by atoms with Crippen LogP contribution in [0.2, 0.25) is 5.02 Å². The lowest BCUT2D eigenvalue weighted by molar-refractivity contribution is 0.684. The smallest absolute Gasteiger partial charge is 0.248 e. The number of aryl methyl sites for hydroxylation is 2. The van der Waals surface area contributed by atoms with Gasteiger partial charge in [0, 0.05) is 10.7 Å². The molecule has 0 amide bonds. The number of hydrogen-bond donors (Lipinski definition) is 2. The summed E-state index contributed by atoms with van der Waals surface area (Å²) in [6.45, 7) is 4.69. The van der Waals surface area contributed by atoms with Gasteiger partial charge >= 0.3 is 0 Å². The molecule has 0 saturated carbocycles. The zero-order valence-corrected chi connectivity index (χ0v) is 15.5. The summed E-state index contributed by atoms with van der Waals surface area (Å²) in [6, 6.07) is 13.9. The predicted molar refractivity (Wildman–Crippen MR) is 106 cm³/mol. The summed E-state index contributed by atoms with van der Waals surface area (Å²) in [5.41, 5.74) is 4.25. The van der Waals surface area contributed by atoms with Crippen molar-refractivity contribution in [3.8, 4) is 0 Å². The molecule has 0 unspecified atom stereocenters. The van der Waals surface area contributed by atoms with E-state index in [1.165, 1.54) is 11.1 Å². The number of thiocarbonyl (C=S) groups is 1. The first-order valence-electron chi connectivity index (χ1n) is 7.79. The fourth-order valence-corrected chi connectivity index (χ4v) is 2.71. The van der Waals surface area contributed by atoms with Crippen molar-refractivity contribution in [2.75, 3.05) is 10.6 Å². The van der Waals surface area contributed by atoms with Gasteiger partial charge in [-0.2, -0.15) is 0 Å². The highest BCUT2D eigenvalue weighted by atomic mass is 35.5. The number of halogens is 1. The predicted octanol–water partition coefficient (Wildman–Crippen LogP) is 4.41. The first-order valence-corrected chi connectivity index (χ1v) is 8.58. The molecule has 0 atom stereocenters. The van der Waals surface area contributed by atoms with Crippen molar-refractivity contribution in [2.45, 2.75) is 20.4 Å². The Morgan fingerprint density at radius 3 is 2.68 bits per heavy atom. The number of hydrogen-bond acceptors (Lipinski definition) is 3. The van der Waals surface area contributed by atoms with Crippen molar-refractivity contribution in [1.82, 2.24) is 14.8 Å². The van der Waals surface area contributed by atoms with Gasteiger partial charge in [-0.05, 0) is 54.9 Å². The first-order chi connectivity index (χ1) is 12.0. The second-order valence-electron chi connectivity index (χ2n) is 5.74. The molecule has 7 heteroatoms. The summed E-state index contributed by atoms with van der Waals surface area (Å²) in [5.74, 6) is 0.448. The Kier molecular flexibility index (Phi) is 5.31. The third-order valence-electron chi connectivity index (χ3n) is 3.79. The maximum atomic E-state index is 6.12. The monoisotopic (exact) mass is 371 g/mol. The van der Waals surface area contributed by atoms with E-state index in [-0.39, 0.29) is 0 Å². The first kappa shape index (κ1) is 17.4. The van der Waals surface area contributed by atoms with E-state index >= 15 is 0 Å². The Morgan fingerprint density at radius 1 is 1.12 bits per heavy atom. The van der Waals surface area contributed by atoms with Crippen molar-refractivity contribution in [3.05, 3.63) is 70.5 Å². The van der Waals surface area contributed by atoms with Gasteiger partial charge < -0.3 is 5.32 Å². The molecular weight excluding hydrogens is 354 g/mol. The van der Waals surface area contributed by atoms with Gasteiger partial charge in [0.2, 0.25) is 5.95 Å². The van der Waals surface area contributed by atoms with Crippen LogP contribution in [0.25, 0.3) is 0 Å². The van der Waals surface area contributed by atoms with Crippen LogP contribution in [0.3, 0.4) is 0 Å². The fourth-order valence-electron chi connectivity index (χ4n) is 2.32. The lowest BCUT2D eigenvalue weighted by atomic mass is 10.1. The zero-order valence-electron chi connectivity index (χ0n) is 14.0. The Labute approximate surface area is 157 Å². The third kappa shape index (κ3) is 4.55. The maximum Gasteiger partial charge on any atom is 0.248 e. The van der Waals surface area contributed by atoms with Crippen LogP contribution in [0, 0.1) is 13.8 Å². The SMILES string of the molecule is Cc1ccc(NC(=S)Nc2ncn(Cc3ccccc3C)n2)cc1Cl. The van der Waals surface area contributed by atoms with E-state index in [0.717, 1.165) is 11.3 Å². The van der Waals surface area contributed by atoms with Crippen molar-refractivity contribution >= 4 is 40.6 Å². The van der Waals surface area contributed by atoms with Gasteiger partial charge in [-0.15, -0.1) is 5.10 Å². The third-order valence-corrected chi connectivity index (χ3v) is 4.40. The number of rotatable bonds is 4. The molecule has 0 aliphatic heterocycles. The molecule has 0 radical (unpaired) electrons. The average Bonchev–Trinajstić information content (AvgIpc) is 3.00. The van der Waals surface area contributed by atoms with Crippen LogP contribution in [0.4, 0.5) is 11.6 Å². The van der Waals surface area contributed by atoms with E-state index < -0.39 is 0 Å². The van der Waals surface area contributed by atoms with E-state index in [9.17, 15) is 0 Å². The number of aromatic nitrogens is 3. The molecule has 0 spiro atoms. The van der Waals surface area contributed by atoms with E-state index in [4.69, 9.17) is 23.8 Å². The summed E-state index contributed by atoms with van der Waals surface area (Å²) in [6.07, 6.45) is 1.68. The van der Waals surface area contributed by atoms with Gasteiger partial charge in [0.25, 0.3) is 0 Å². The molecule has 2 aromatic carbocycles. The lowest BCUT2D eigenvalue weighted by Gasteiger charge is -2.09. The van der Waals surface area contributed by atoms with Crippen molar-refractivity contribution in [2.24, 2.45) is 0 Å². The quantitative estimate of drug-likeness (QED) is 0.665. The Balaban J connectivity index is 1.61. The van der Waals surface area contributed by atoms with Gasteiger partial charge in [0.05, 0.1) is 6.54 Å². The number of benzene rings is 2. The van der Waals surface area contributed by atoms with Gasteiger partial charge in [-0.1, -0.05) is 41.9 Å². The van der Waals surface area contributed by atoms with Crippen LogP contribution < -0.4 is 10.6 Å². The Bertz CT molecular complexity index is 906. The van der Waals surface area contributed by atoms with Gasteiger partial charge in [0.1, 0.15) is 6.33 Å². The molecule has 3 aromatic rings.